The molecule has 0 saturated carbocycles. The number of benzene rings is 1. The molecule has 120 valence electrons. The molecule has 0 unspecified atom stereocenters. The Hall–Kier alpha value is -2.89. The van der Waals surface area contributed by atoms with Crippen LogP contribution in [0, 0.1) is 13.8 Å². The second-order valence-corrected chi connectivity index (χ2v) is 5.05. The van der Waals surface area contributed by atoms with Crippen LogP contribution in [0.4, 0.5) is 11.6 Å². The zero-order valence-electron chi connectivity index (χ0n) is 13.5. The molecule has 0 radical (unpaired) electrons. The van der Waals surface area contributed by atoms with Gasteiger partial charge in [-0.3, -0.25) is 4.79 Å². The molecule has 0 bridgehead atoms. The van der Waals surface area contributed by atoms with Gasteiger partial charge in [-0.15, -0.1) is 6.58 Å². The number of carbonyl (C=O) groups excluding carboxylic acids is 1. The third kappa shape index (κ3) is 4.29. The molecule has 0 saturated heterocycles. The van der Waals surface area contributed by atoms with Crippen molar-refractivity contribution in [3.05, 3.63) is 53.9 Å². The summed E-state index contributed by atoms with van der Waals surface area (Å²) in [5.74, 6) is 0.755. The van der Waals surface area contributed by atoms with Crippen molar-refractivity contribution < 1.29 is 9.53 Å². The second kappa shape index (κ2) is 7.40. The fraction of sp³-hybridized carbons (Fsp3) is 0.235. The Bertz CT molecular complexity index is 729. The summed E-state index contributed by atoms with van der Waals surface area (Å²) in [4.78, 5) is 20.6. The van der Waals surface area contributed by atoms with Gasteiger partial charge in [-0.05, 0) is 37.6 Å². The molecule has 0 aliphatic rings. The SMILES string of the molecule is C=CCNC(=O)c1cc(C)nc(Nc2cc(C)ccc2OC)n1. The number of carbonyl (C=O) groups is 1. The summed E-state index contributed by atoms with van der Waals surface area (Å²) in [6, 6.07) is 7.39. The van der Waals surface area contributed by atoms with Gasteiger partial charge in [0.1, 0.15) is 11.4 Å². The normalized spacial score (nSPS) is 10.0. The fourth-order valence-corrected chi connectivity index (χ4v) is 2.04. The van der Waals surface area contributed by atoms with Crippen molar-refractivity contribution >= 4 is 17.5 Å². The maximum atomic E-state index is 12.0. The van der Waals surface area contributed by atoms with E-state index >= 15 is 0 Å². The summed E-state index contributed by atoms with van der Waals surface area (Å²) >= 11 is 0. The number of nitrogens with zero attached hydrogens (tertiary/aromatic N) is 2. The number of methoxy groups -OCH3 is 1. The van der Waals surface area contributed by atoms with Crippen LogP contribution in [0.3, 0.4) is 0 Å². The Morgan fingerprint density at radius 1 is 1.30 bits per heavy atom. The third-order valence-electron chi connectivity index (χ3n) is 3.10. The smallest absolute Gasteiger partial charge is 0.270 e. The first-order chi connectivity index (χ1) is 11.0. The molecule has 2 rings (SSSR count). The molecule has 0 atom stereocenters. The first-order valence-corrected chi connectivity index (χ1v) is 7.20. The highest BCUT2D eigenvalue weighted by Crippen LogP contribution is 2.27. The zero-order valence-corrected chi connectivity index (χ0v) is 13.5. The lowest BCUT2D eigenvalue weighted by molar-refractivity contribution is 0.0953. The van der Waals surface area contributed by atoms with Crippen LogP contribution < -0.4 is 15.4 Å². The van der Waals surface area contributed by atoms with Gasteiger partial charge in [0, 0.05) is 12.2 Å². The minimum absolute atomic E-state index is 0.269. The van der Waals surface area contributed by atoms with Crippen molar-refractivity contribution in [2.45, 2.75) is 13.8 Å². The van der Waals surface area contributed by atoms with E-state index in [0.29, 0.717) is 29.6 Å². The van der Waals surface area contributed by atoms with E-state index in [1.54, 1.807) is 19.3 Å². The Balaban J connectivity index is 2.30. The lowest BCUT2D eigenvalue weighted by Crippen LogP contribution is -2.24. The minimum atomic E-state index is -0.269. The van der Waals surface area contributed by atoms with E-state index in [1.807, 2.05) is 32.0 Å². The van der Waals surface area contributed by atoms with Crippen molar-refractivity contribution in [2.24, 2.45) is 0 Å². The topological polar surface area (TPSA) is 76.1 Å². The van der Waals surface area contributed by atoms with Crippen molar-refractivity contribution in [3.8, 4) is 5.75 Å². The van der Waals surface area contributed by atoms with Gasteiger partial charge in [0.15, 0.2) is 0 Å². The molecule has 0 fully saturated rings. The largest absolute Gasteiger partial charge is 0.495 e. The van der Waals surface area contributed by atoms with Crippen molar-refractivity contribution in [1.29, 1.82) is 0 Å². The number of aromatic nitrogens is 2. The Morgan fingerprint density at radius 2 is 2.09 bits per heavy atom. The summed E-state index contributed by atoms with van der Waals surface area (Å²) in [7, 11) is 1.60. The average Bonchev–Trinajstić information content (AvgIpc) is 2.52. The third-order valence-corrected chi connectivity index (χ3v) is 3.10. The fourth-order valence-electron chi connectivity index (χ4n) is 2.04. The standard InChI is InChI=1S/C17H20N4O2/c1-5-8-18-16(22)14-10-12(3)19-17(21-14)20-13-9-11(2)6-7-15(13)23-4/h5-7,9-10H,1,8H2,2-4H3,(H,18,22)(H,19,20,21). The van der Waals surface area contributed by atoms with Crippen molar-refractivity contribution in [2.75, 3.05) is 19.0 Å². The predicted octanol–water partition coefficient (Wildman–Crippen LogP) is 2.76. The van der Waals surface area contributed by atoms with Gasteiger partial charge in [-0.2, -0.15) is 0 Å². The highest BCUT2D eigenvalue weighted by molar-refractivity contribution is 5.92. The maximum absolute atomic E-state index is 12.0. The molecule has 1 aromatic heterocycles. The molecule has 6 nitrogen and oxygen atoms in total. The van der Waals surface area contributed by atoms with Gasteiger partial charge in [-0.25, -0.2) is 9.97 Å². The molecule has 1 heterocycles. The first kappa shape index (κ1) is 16.5. The van der Waals surface area contributed by atoms with Gasteiger partial charge < -0.3 is 15.4 Å². The van der Waals surface area contributed by atoms with Crippen molar-refractivity contribution in [3.63, 3.8) is 0 Å². The van der Waals surface area contributed by atoms with Crippen LogP contribution in [0.1, 0.15) is 21.7 Å². The molecule has 23 heavy (non-hydrogen) atoms. The number of rotatable bonds is 6. The van der Waals surface area contributed by atoms with Crippen LogP contribution in [0.15, 0.2) is 36.9 Å². The van der Waals surface area contributed by atoms with Crippen LogP contribution >= 0.6 is 0 Å². The van der Waals surface area contributed by atoms with Crippen LogP contribution in [-0.4, -0.2) is 29.5 Å². The summed E-state index contributed by atoms with van der Waals surface area (Å²) in [5, 5.41) is 5.81. The van der Waals surface area contributed by atoms with Gasteiger partial charge in [-0.1, -0.05) is 12.1 Å². The number of aryl methyl sites for hydroxylation is 2. The van der Waals surface area contributed by atoms with E-state index in [-0.39, 0.29) is 5.91 Å². The van der Waals surface area contributed by atoms with Crippen LogP contribution in [0.2, 0.25) is 0 Å². The Labute approximate surface area is 135 Å². The predicted molar refractivity (Wildman–Crippen MR) is 90.3 cm³/mol. The van der Waals surface area contributed by atoms with E-state index in [2.05, 4.69) is 27.2 Å². The number of nitrogens with one attached hydrogen (secondary N) is 2. The quantitative estimate of drug-likeness (QED) is 0.802. The second-order valence-electron chi connectivity index (χ2n) is 5.05. The molecule has 1 aromatic carbocycles. The van der Waals surface area contributed by atoms with E-state index in [9.17, 15) is 4.79 Å². The highest BCUT2D eigenvalue weighted by atomic mass is 16.5. The molecular formula is C17H20N4O2. The molecule has 0 aliphatic heterocycles. The number of hydrogen-bond acceptors (Lipinski definition) is 5. The first-order valence-electron chi connectivity index (χ1n) is 7.20. The monoisotopic (exact) mass is 312 g/mol. The van der Waals surface area contributed by atoms with Gasteiger partial charge in [0.2, 0.25) is 5.95 Å². The van der Waals surface area contributed by atoms with E-state index in [1.165, 1.54) is 0 Å². The highest BCUT2D eigenvalue weighted by Gasteiger charge is 2.11. The molecule has 6 heteroatoms. The van der Waals surface area contributed by atoms with E-state index in [4.69, 9.17) is 4.74 Å². The Morgan fingerprint density at radius 3 is 2.78 bits per heavy atom. The van der Waals surface area contributed by atoms with E-state index < -0.39 is 0 Å². The summed E-state index contributed by atoms with van der Waals surface area (Å²) in [6.45, 7) is 7.75. The summed E-state index contributed by atoms with van der Waals surface area (Å²) in [6.07, 6.45) is 1.61. The number of ether oxygens (including phenoxy) is 1. The van der Waals surface area contributed by atoms with Crippen LogP contribution in [0.25, 0.3) is 0 Å². The average molecular weight is 312 g/mol. The van der Waals surface area contributed by atoms with Gasteiger partial charge >= 0.3 is 0 Å². The van der Waals surface area contributed by atoms with Gasteiger partial charge in [0.05, 0.1) is 12.8 Å². The maximum Gasteiger partial charge on any atom is 0.270 e. The molecule has 1 amide bonds. The number of hydrogen-bond donors (Lipinski definition) is 2. The van der Waals surface area contributed by atoms with E-state index in [0.717, 1.165) is 11.3 Å². The number of amides is 1. The molecular weight excluding hydrogens is 292 g/mol. The summed E-state index contributed by atoms with van der Waals surface area (Å²) < 4.78 is 5.33. The van der Waals surface area contributed by atoms with Crippen molar-refractivity contribution in [1.82, 2.24) is 15.3 Å². The van der Waals surface area contributed by atoms with Crippen LogP contribution in [0.5, 0.6) is 5.75 Å². The number of anilines is 2. The summed E-state index contributed by atoms with van der Waals surface area (Å²) in [5.41, 5.74) is 2.81. The molecule has 2 N–H and O–H groups in total. The Kier molecular flexibility index (Phi) is 5.30. The minimum Gasteiger partial charge on any atom is -0.495 e. The lowest BCUT2D eigenvalue weighted by atomic mass is 10.2. The van der Waals surface area contributed by atoms with Crippen LogP contribution in [-0.2, 0) is 0 Å². The molecule has 0 aliphatic carbocycles. The molecule has 0 spiro atoms. The molecule has 2 aromatic rings. The zero-order chi connectivity index (χ0) is 16.8. The lowest BCUT2D eigenvalue weighted by Gasteiger charge is -2.12. The van der Waals surface area contributed by atoms with Gasteiger partial charge in [0.25, 0.3) is 5.91 Å².